The van der Waals surface area contributed by atoms with Crippen LogP contribution in [0.5, 0.6) is 0 Å². The van der Waals surface area contributed by atoms with Crippen molar-refractivity contribution in [3.8, 4) is 0 Å². The lowest BCUT2D eigenvalue weighted by molar-refractivity contribution is -0.684. The molecule has 104 valence electrons. The van der Waals surface area contributed by atoms with Crippen LogP contribution in [0.2, 0.25) is 10.0 Å². The molecule has 2 aromatic rings. The van der Waals surface area contributed by atoms with Crippen molar-refractivity contribution in [2.45, 2.75) is 6.54 Å². The summed E-state index contributed by atoms with van der Waals surface area (Å²) in [7, 11) is 0. The van der Waals surface area contributed by atoms with E-state index in [1.807, 2.05) is 6.07 Å². The minimum atomic E-state index is -0.530. The SMILES string of the molecule is Nc1c(Cl)cc(N(O)C(=O)C[n+]2ccccc2)cc1Cl. The molecule has 20 heavy (non-hydrogen) atoms. The third kappa shape index (κ3) is 3.19. The second kappa shape index (κ2) is 6.09. The number of nitrogens with two attached hydrogens (primary N) is 1. The minimum Gasteiger partial charge on any atom is -0.396 e. The smallest absolute Gasteiger partial charge is 0.316 e. The third-order valence-electron chi connectivity index (χ3n) is 2.64. The Morgan fingerprint density at radius 1 is 1.20 bits per heavy atom. The van der Waals surface area contributed by atoms with E-state index < -0.39 is 5.91 Å². The largest absolute Gasteiger partial charge is 0.396 e. The minimum absolute atomic E-state index is 0.0169. The van der Waals surface area contributed by atoms with Crippen molar-refractivity contribution < 1.29 is 14.6 Å². The molecule has 0 fully saturated rings. The maximum Gasteiger partial charge on any atom is 0.316 e. The normalized spacial score (nSPS) is 10.3. The Hall–Kier alpha value is -1.82. The summed E-state index contributed by atoms with van der Waals surface area (Å²) in [5.41, 5.74) is 5.96. The van der Waals surface area contributed by atoms with E-state index in [2.05, 4.69) is 0 Å². The number of nitrogen functional groups attached to an aromatic ring is 1. The van der Waals surface area contributed by atoms with Crippen molar-refractivity contribution in [1.82, 2.24) is 0 Å². The summed E-state index contributed by atoms with van der Waals surface area (Å²) in [5.74, 6) is -0.530. The van der Waals surface area contributed by atoms with Crippen LogP contribution in [-0.2, 0) is 11.3 Å². The molecule has 0 unspecified atom stereocenters. The predicted octanol–water partition coefficient (Wildman–Crippen LogP) is 2.29. The van der Waals surface area contributed by atoms with Gasteiger partial charge in [-0.25, -0.2) is 0 Å². The maximum absolute atomic E-state index is 12.0. The molecule has 0 atom stereocenters. The molecule has 0 aliphatic rings. The van der Waals surface area contributed by atoms with Crippen LogP contribution in [0.15, 0.2) is 42.7 Å². The van der Waals surface area contributed by atoms with Gasteiger partial charge in [-0.2, -0.15) is 9.63 Å². The Morgan fingerprint density at radius 3 is 2.30 bits per heavy atom. The van der Waals surface area contributed by atoms with Crippen LogP contribution < -0.4 is 15.4 Å². The van der Waals surface area contributed by atoms with Gasteiger partial charge in [-0.3, -0.25) is 10.0 Å². The van der Waals surface area contributed by atoms with Gasteiger partial charge in [0.1, 0.15) is 0 Å². The molecule has 0 radical (unpaired) electrons. The van der Waals surface area contributed by atoms with Crippen molar-refractivity contribution >= 4 is 40.5 Å². The Balaban J connectivity index is 2.19. The molecule has 1 aromatic carbocycles. The number of rotatable bonds is 3. The fourth-order valence-corrected chi connectivity index (χ4v) is 2.08. The number of hydroxylamine groups is 1. The summed E-state index contributed by atoms with van der Waals surface area (Å²) in [5, 5.41) is 10.7. The van der Waals surface area contributed by atoms with Gasteiger partial charge in [0.2, 0.25) is 6.54 Å². The molecular formula is C13H12Cl2N3O2+. The second-order valence-electron chi connectivity index (χ2n) is 4.08. The van der Waals surface area contributed by atoms with Crippen molar-refractivity contribution in [2.24, 2.45) is 0 Å². The monoisotopic (exact) mass is 312 g/mol. The van der Waals surface area contributed by atoms with Crippen LogP contribution in [0.3, 0.4) is 0 Å². The van der Waals surface area contributed by atoms with E-state index in [9.17, 15) is 10.0 Å². The van der Waals surface area contributed by atoms with Gasteiger partial charge in [-0.1, -0.05) is 29.3 Å². The number of pyridine rings is 1. The van der Waals surface area contributed by atoms with Gasteiger partial charge < -0.3 is 5.73 Å². The summed E-state index contributed by atoms with van der Waals surface area (Å²) >= 11 is 11.7. The van der Waals surface area contributed by atoms with E-state index in [0.717, 1.165) is 0 Å². The topological polar surface area (TPSA) is 70.4 Å². The first-order valence-corrected chi connectivity index (χ1v) is 6.45. The van der Waals surface area contributed by atoms with E-state index >= 15 is 0 Å². The highest BCUT2D eigenvalue weighted by molar-refractivity contribution is 6.39. The number of nitrogens with zero attached hydrogens (tertiary/aromatic N) is 2. The van der Waals surface area contributed by atoms with E-state index in [1.165, 1.54) is 12.1 Å². The van der Waals surface area contributed by atoms with Crippen molar-refractivity contribution in [3.05, 3.63) is 52.8 Å². The van der Waals surface area contributed by atoms with Crippen molar-refractivity contribution in [3.63, 3.8) is 0 Å². The zero-order chi connectivity index (χ0) is 14.7. The first-order valence-electron chi connectivity index (χ1n) is 5.69. The number of hydrogen-bond donors (Lipinski definition) is 2. The fraction of sp³-hybridized carbons (Fsp3) is 0.0769. The number of carbonyl (C=O) groups is 1. The summed E-state index contributed by atoms with van der Waals surface area (Å²) in [6, 6.07) is 8.14. The Kier molecular flexibility index (Phi) is 4.44. The highest BCUT2D eigenvalue weighted by Crippen LogP contribution is 2.32. The molecule has 5 nitrogen and oxygen atoms in total. The molecule has 0 aliphatic heterocycles. The number of benzene rings is 1. The lowest BCUT2D eigenvalue weighted by atomic mass is 10.2. The lowest BCUT2D eigenvalue weighted by Crippen LogP contribution is -2.43. The van der Waals surface area contributed by atoms with Crippen LogP contribution in [0, 0.1) is 0 Å². The zero-order valence-corrected chi connectivity index (χ0v) is 11.8. The first kappa shape index (κ1) is 14.6. The van der Waals surface area contributed by atoms with Crippen molar-refractivity contribution in [1.29, 1.82) is 0 Å². The summed E-state index contributed by atoms with van der Waals surface area (Å²) in [4.78, 5) is 12.0. The van der Waals surface area contributed by atoms with Gasteiger partial charge in [0.25, 0.3) is 0 Å². The Bertz CT molecular complexity index is 612. The van der Waals surface area contributed by atoms with E-state index in [-0.39, 0.29) is 28.0 Å². The molecule has 7 heteroatoms. The Morgan fingerprint density at radius 2 is 1.75 bits per heavy atom. The standard InChI is InChI=1S/C13H12Cl2N3O2/c14-10-6-9(7-11(15)13(10)16)18(20)12(19)8-17-4-2-1-3-5-17/h1-7,20H,8,16H2/q+1. The van der Waals surface area contributed by atoms with E-state index in [0.29, 0.717) is 5.06 Å². The predicted molar refractivity (Wildman–Crippen MR) is 76.8 cm³/mol. The molecular weight excluding hydrogens is 301 g/mol. The highest BCUT2D eigenvalue weighted by atomic mass is 35.5. The van der Waals surface area contributed by atoms with Gasteiger partial charge in [-0.15, -0.1) is 0 Å². The van der Waals surface area contributed by atoms with Gasteiger partial charge in [-0.05, 0) is 12.1 Å². The quantitative estimate of drug-likeness (QED) is 0.395. The van der Waals surface area contributed by atoms with Crippen LogP contribution in [-0.4, -0.2) is 11.1 Å². The maximum atomic E-state index is 12.0. The summed E-state index contributed by atoms with van der Waals surface area (Å²) in [6.07, 6.45) is 3.43. The lowest BCUT2D eigenvalue weighted by Gasteiger charge is -2.15. The molecule has 0 saturated heterocycles. The molecule has 2 rings (SSSR count). The average molecular weight is 313 g/mol. The van der Waals surface area contributed by atoms with Gasteiger partial charge in [0, 0.05) is 12.1 Å². The molecule has 3 N–H and O–H groups in total. The molecule has 0 saturated carbocycles. The molecule has 0 bridgehead atoms. The molecule has 1 amide bonds. The molecule has 1 aromatic heterocycles. The Labute approximate surface area is 125 Å². The molecule has 0 aliphatic carbocycles. The van der Waals surface area contributed by atoms with Crippen LogP contribution in [0.1, 0.15) is 0 Å². The number of anilines is 2. The van der Waals surface area contributed by atoms with E-state index in [4.69, 9.17) is 28.9 Å². The highest BCUT2D eigenvalue weighted by Gasteiger charge is 2.19. The number of halogens is 2. The van der Waals surface area contributed by atoms with Crippen molar-refractivity contribution in [2.75, 3.05) is 10.8 Å². The fourth-order valence-electron chi connectivity index (χ4n) is 1.60. The summed E-state index contributed by atoms with van der Waals surface area (Å²) in [6.45, 7) is -0.0169. The first-order chi connectivity index (χ1) is 9.49. The van der Waals surface area contributed by atoms with Crippen LogP contribution in [0.25, 0.3) is 0 Å². The number of hydrogen-bond acceptors (Lipinski definition) is 3. The number of amides is 1. The zero-order valence-electron chi connectivity index (χ0n) is 10.3. The third-order valence-corrected chi connectivity index (χ3v) is 3.27. The molecule has 0 spiro atoms. The number of carbonyl (C=O) groups excluding carboxylic acids is 1. The van der Waals surface area contributed by atoms with E-state index in [1.54, 1.807) is 29.1 Å². The van der Waals surface area contributed by atoms with Gasteiger partial charge in [0.15, 0.2) is 12.4 Å². The summed E-state index contributed by atoms with van der Waals surface area (Å²) < 4.78 is 1.63. The van der Waals surface area contributed by atoms with Gasteiger partial charge in [0.05, 0.1) is 21.4 Å². The number of aromatic nitrogens is 1. The second-order valence-corrected chi connectivity index (χ2v) is 4.89. The van der Waals surface area contributed by atoms with Crippen LogP contribution >= 0.6 is 23.2 Å². The van der Waals surface area contributed by atoms with Gasteiger partial charge >= 0.3 is 5.91 Å². The average Bonchev–Trinajstić information content (AvgIpc) is 2.44. The van der Waals surface area contributed by atoms with Crippen LogP contribution in [0.4, 0.5) is 11.4 Å². The molecule has 1 heterocycles.